The number of aryl methyl sites for hydroxylation is 2. The van der Waals surface area contributed by atoms with Gasteiger partial charge in [0.05, 0.1) is 17.4 Å². The second-order valence-corrected chi connectivity index (χ2v) is 7.31. The van der Waals surface area contributed by atoms with Crippen LogP contribution < -0.4 is 10.6 Å². The number of anilines is 1. The van der Waals surface area contributed by atoms with E-state index in [2.05, 4.69) is 20.8 Å². The summed E-state index contributed by atoms with van der Waals surface area (Å²) in [4.78, 5) is 28.2. The number of carbonyl (C=O) groups excluding carboxylic acids is 2. The number of nitrogens with zero attached hydrogens (tertiary/aromatic N) is 2. The summed E-state index contributed by atoms with van der Waals surface area (Å²) >= 11 is 1.36. The molecule has 8 heteroatoms. The highest BCUT2D eigenvalue weighted by Crippen LogP contribution is 2.27. The first kappa shape index (κ1) is 19.8. The van der Waals surface area contributed by atoms with Gasteiger partial charge in [-0.1, -0.05) is 36.3 Å². The molecule has 7 nitrogen and oxygen atoms in total. The van der Waals surface area contributed by atoms with Gasteiger partial charge in [-0.2, -0.15) is 0 Å². The lowest BCUT2D eigenvalue weighted by molar-refractivity contribution is -0.119. The molecule has 1 atom stereocenters. The molecule has 0 radical (unpaired) electrons. The van der Waals surface area contributed by atoms with Gasteiger partial charge in [0, 0.05) is 17.9 Å². The molecule has 3 aromatic rings. The van der Waals surface area contributed by atoms with Gasteiger partial charge >= 0.3 is 0 Å². The summed E-state index contributed by atoms with van der Waals surface area (Å²) in [6.45, 7) is 7.08. The summed E-state index contributed by atoms with van der Waals surface area (Å²) in [6, 6.07) is 7.76. The summed E-state index contributed by atoms with van der Waals surface area (Å²) in [7, 11) is 0. The maximum absolute atomic E-state index is 12.6. The van der Waals surface area contributed by atoms with Crippen molar-refractivity contribution in [1.82, 2.24) is 15.5 Å². The number of rotatable bonds is 6. The second kappa shape index (κ2) is 8.35. The summed E-state index contributed by atoms with van der Waals surface area (Å²) < 4.78 is 5.12. The minimum atomic E-state index is -0.268. The molecule has 2 amide bonds. The number of aromatic nitrogens is 2. The van der Waals surface area contributed by atoms with Crippen LogP contribution in [0.25, 0.3) is 11.3 Å². The molecule has 2 aromatic heterocycles. The number of hydrogen-bond donors (Lipinski definition) is 2. The van der Waals surface area contributed by atoms with E-state index in [-0.39, 0.29) is 17.9 Å². The molecule has 0 saturated heterocycles. The highest BCUT2D eigenvalue weighted by molar-refractivity contribution is 7.14. The predicted octanol–water partition coefficient (Wildman–Crippen LogP) is 4.12. The van der Waals surface area contributed by atoms with E-state index in [9.17, 15) is 9.59 Å². The molecule has 0 saturated carbocycles. The SMILES string of the molecule is CCc1noc(C)c1C(=O)Nc1nc(-c2ccc(C(C)NC(C)=O)cc2)cs1. The Bertz CT molecular complexity index is 991. The standard InChI is InChI=1S/C20H22N4O3S/c1-5-16-18(12(3)27-24-16)19(26)23-20-22-17(10-28-20)15-8-6-14(7-9-15)11(2)21-13(4)25/h6-11H,5H2,1-4H3,(H,21,25)(H,22,23,26). The summed E-state index contributed by atoms with van der Waals surface area (Å²) in [5, 5.41) is 12.0. The Morgan fingerprint density at radius 1 is 1.25 bits per heavy atom. The Hall–Kier alpha value is -3.00. The van der Waals surface area contributed by atoms with E-state index >= 15 is 0 Å². The lowest BCUT2D eigenvalue weighted by atomic mass is 10.1. The molecule has 146 valence electrons. The van der Waals surface area contributed by atoms with Gasteiger partial charge in [0.2, 0.25) is 5.91 Å². The second-order valence-electron chi connectivity index (χ2n) is 6.45. The van der Waals surface area contributed by atoms with Gasteiger partial charge in [0.25, 0.3) is 5.91 Å². The van der Waals surface area contributed by atoms with Gasteiger partial charge in [-0.25, -0.2) is 4.98 Å². The van der Waals surface area contributed by atoms with Crippen molar-refractivity contribution >= 4 is 28.3 Å². The van der Waals surface area contributed by atoms with E-state index in [0.717, 1.165) is 16.8 Å². The van der Waals surface area contributed by atoms with Crippen molar-refractivity contribution in [3.63, 3.8) is 0 Å². The molecular weight excluding hydrogens is 376 g/mol. The van der Waals surface area contributed by atoms with Gasteiger partial charge in [-0.05, 0) is 25.8 Å². The third-order valence-corrected chi connectivity index (χ3v) is 5.10. The van der Waals surface area contributed by atoms with E-state index in [1.807, 2.05) is 43.5 Å². The maximum Gasteiger partial charge on any atom is 0.262 e. The van der Waals surface area contributed by atoms with E-state index in [4.69, 9.17) is 4.52 Å². The Morgan fingerprint density at radius 3 is 2.61 bits per heavy atom. The van der Waals surface area contributed by atoms with E-state index in [0.29, 0.717) is 28.6 Å². The highest BCUT2D eigenvalue weighted by atomic mass is 32.1. The van der Waals surface area contributed by atoms with Crippen LogP contribution in [0.15, 0.2) is 34.2 Å². The summed E-state index contributed by atoms with van der Waals surface area (Å²) in [6.07, 6.45) is 0.618. The Labute approximate surface area is 167 Å². The lowest BCUT2D eigenvalue weighted by Gasteiger charge is -2.13. The van der Waals surface area contributed by atoms with E-state index in [1.165, 1.54) is 18.3 Å². The lowest BCUT2D eigenvalue weighted by Crippen LogP contribution is -2.23. The quantitative estimate of drug-likeness (QED) is 0.651. The van der Waals surface area contributed by atoms with Gasteiger partial charge in [0.15, 0.2) is 5.13 Å². The molecule has 0 bridgehead atoms. The van der Waals surface area contributed by atoms with E-state index < -0.39 is 0 Å². The topological polar surface area (TPSA) is 97.1 Å². The Kier molecular flexibility index (Phi) is 5.89. The molecule has 2 heterocycles. The van der Waals surface area contributed by atoms with Crippen LogP contribution in [0.2, 0.25) is 0 Å². The van der Waals surface area contributed by atoms with Crippen LogP contribution in [-0.2, 0) is 11.2 Å². The molecule has 0 fully saturated rings. The Balaban J connectivity index is 1.72. The fourth-order valence-electron chi connectivity index (χ4n) is 2.90. The number of amides is 2. The minimum absolute atomic E-state index is 0.0589. The van der Waals surface area contributed by atoms with Crippen molar-refractivity contribution in [3.05, 3.63) is 52.2 Å². The van der Waals surface area contributed by atoms with Crippen molar-refractivity contribution in [2.45, 2.75) is 40.2 Å². The molecule has 1 aromatic carbocycles. The highest BCUT2D eigenvalue weighted by Gasteiger charge is 2.20. The zero-order valence-electron chi connectivity index (χ0n) is 16.2. The molecule has 1 unspecified atom stereocenters. The molecular formula is C20H22N4O3S. The third-order valence-electron chi connectivity index (χ3n) is 4.35. The fourth-order valence-corrected chi connectivity index (χ4v) is 3.62. The molecule has 28 heavy (non-hydrogen) atoms. The van der Waals surface area contributed by atoms with Crippen LogP contribution in [0.5, 0.6) is 0 Å². The third kappa shape index (κ3) is 4.28. The smallest absolute Gasteiger partial charge is 0.262 e. The van der Waals surface area contributed by atoms with Crippen LogP contribution in [0, 0.1) is 6.92 Å². The van der Waals surface area contributed by atoms with Gasteiger partial charge in [-0.3, -0.25) is 14.9 Å². The minimum Gasteiger partial charge on any atom is -0.361 e. The zero-order chi connectivity index (χ0) is 20.3. The van der Waals surface area contributed by atoms with Crippen molar-refractivity contribution in [3.8, 4) is 11.3 Å². The van der Waals surface area contributed by atoms with Crippen molar-refractivity contribution in [2.75, 3.05) is 5.32 Å². The fraction of sp³-hybridized carbons (Fsp3) is 0.300. The molecule has 0 aliphatic heterocycles. The van der Waals surface area contributed by atoms with Crippen LogP contribution >= 0.6 is 11.3 Å². The van der Waals surface area contributed by atoms with Crippen LogP contribution in [-0.4, -0.2) is 22.0 Å². The normalized spacial score (nSPS) is 11.9. The summed E-state index contributed by atoms with van der Waals surface area (Å²) in [5.41, 5.74) is 3.83. The van der Waals surface area contributed by atoms with Gasteiger partial charge in [0.1, 0.15) is 11.3 Å². The van der Waals surface area contributed by atoms with Crippen LogP contribution in [0.1, 0.15) is 54.2 Å². The molecule has 3 rings (SSSR count). The number of nitrogens with one attached hydrogen (secondary N) is 2. The first-order valence-electron chi connectivity index (χ1n) is 8.98. The number of thiazole rings is 1. The predicted molar refractivity (Wildman–Crippen MR) is 108 cm³/mol. The van der Waals surface area contributed by atoms with Crippen LogP contribution in [0.3, 0.4) is 0 Å². The van der Waals surface area contributed by atoms with Gasteiger partial charge in [-0.15, -0.1) is 11.3 Å². The zero-order valence-corrected chi connectivity index (χ0v) is 17.0. The first-order valence-corrected chi connectivity index (χ1v) is 9.86. The van der Waals surface area contributed by atoms with Crippen molar-refractivity contribution in [1.29, 1.82) is 0 Å². The molecule has 2 N–H and O–H groups in total. The van der Waals surface area contributed by atoms with E-state index in [1.54, 1.807) is 6.92 Å². The maximum atomic E-state index is 12.6. The Morgan fingerprint density at radius 2 is 1.96 bits per heavy atom. The van der Waals surface area contributed by atoms with Crippen molar-refractivity contribution in [2.24, 2.45) is 0 Å². The summed E-state index contributed by atoms with van der Waals surface area (Å²) in [5.74, 6) is 0.164. The average molecular weight is 398 g/mol. The van der Waals surface area contributed by atoms with Crippen molar-refractivity contribution < 1.29 is 14.1 Å². The monoisotopic (exact) mass is 398 g/mol. The largest absolute Gasteiger partial charge is 0.361 e. The number of hydrogen-bond acceptors (Lipinski definition) is 6. The molecule has 0 spiro atoms. The molecule has 0 aliphatic rings. The van der Waals surface area contributed by atoms with Gasteiger partial charge < -0.3 is 9.84 Å². The average Bonchev–Trinajstić information content (AvgIpc) is 3.27. The number of carbonyl (C=O) groups is 2. The van der Waals surface area contributed by atoms with Crippen LogP contribution in [0.4, 0.5) is 5.13 Å². The number of benzene rings is 1. The first-order chi connectivity index (χ1) is 13.4. The molecule has 0 aliphatic carbocycles.